The first kappa shape index (κ1) is 11.8. The number of nitrogens with zero attached hydrogens (tertiary/aromatic N) is 2. The highest BCUT2D eigenvalue weighted by molar-refractivity contribution is 5.56. The molecule has 0 saturated carbocycles. The minimum atomic E-state index is 0.442. The molecule has 2 aromatic rings. The van der Waals surface area contributed by atoms with Gasteiger partial charge in [-0.3, -0.25) is 4.57 Å². The van der Waals surface area contributed by atoms with E-state index in [-0.39, 0.29) is 0 Å². The molecule has 0 unspecified atom stereocenters. The van der Waals surface area contributed by atoms with Gasteiger partial charge in [-0.2, -0.15) is 5.26 Å². The van der Waals surface area contributed by atoms with Gasteiger partial charge in [-0.25, -0.2) is 0 Å². The van der Waals surface area contributed by atoms with Crippen LogP contribution in [0.4, 0.5) is 5.69 Å². The molecule has 1 heterocycles. The van der Waals surface area contributed by atoms with Crippen molar-refractivity contribution < 1.29 is 4.74 Å². The zero-order valence-corrected chi connectivity index (χ0v) is 9.84. The molecule has 0 aliphatic carbocycles. The van der Waals surface area contributed by atoms with Crippen LogP contribution in [0.25, 0.3) is 0 Å². The van der Waals surface area contributed by atoms with Gasteiger partial charge in [0.2, 0.25) is 5.88 Å². The number of nitrogens with two attached hydrogens (primary N) is 1. The lowest BCUT2D eigenvalue weighted by Gasteiger charge is -2.10. The molecule has 0 atom stereocenters. The Bertz CT molecular complexity index is 593. The largest absolute Gasteiger partial charge is 0.439 e. The molecule has 0 spiro atoms. The third kappa shape index (κ3) is 2.20. The number of allylic oxidation sites excluding steroid dienone is 1. The number of para-hydroxylation sites is 1. The molecule has 0 saturated heterocycles. The molecule has 0 aliphatic rings. The lowest BCUT2D eigenvalue weighted by molar-refractivity contribution is 0.438. The Labute approximate surface area is 106 Å². The third-order valence-electron chi connectivity index (χ3n) is 2.46. The van der Waals surface area contributed by atoms with E-state index in [1.165, 1.54) is 0 Å². The highest BCUT2D eigenvalue weighted by Gasteiger charge is 2.14. The summed E-state index contributed by atoms with van der Waals surface area (Å²) in [7, 11) is 0. The Hall–Kier alpha value is -2.67. The maximum atomic E-state index is 9.03. The van der Waals surface area contributed by atoms with E-state index in [2.05, 4.69) is 12.6 Å². The second-order valence-electron chi connectivity index (χ2n) is 3.72. The van der Waals surface area contributed by atoms with Crippen LogP contribution in [-0.2, 0) is 6.54 Å². The normalized spacial score (nSPS) is 9.72. The molecule has 18 heavy (non-hydrogen) atoms. The number of benzene rings is 1. The van der Waals surface area contributed by atoms with Gasteiger partial charge >= 0.3 is 0 Å². The van der Waals surface area contributed by atoms with Gasteiger partial charge < -0.3 is 10.5 Å². The Kier molecular flexibility index (Phi) is 3.35. The molecular formula is C14H13N3O. The lowest BCUT2D eigenvalue weighted by atomic mass is 10.3. The van der Waals surface area contributed by atoms with E-state index in [1.54, 1.807) is 16.7 Å². The fraction of sp³-hybridized carbons (Fsp3) is 0.0714. The molecule has 0 amide bonds. The van der Waals surface area contributed by atoms with Crippen molar-refractivity contribution in [3.63, 3.8) is 0 Å². The van der Waals surface area contributed by atoms with E-state index >= 15 is 0 Å². The van der Waals surface area contributed by atoms with E-state index in [4.69, 9.17) is 15.7 Å². The quantitative estimate of drug-likeness (QED) is 0.834. The third-order valence-corrected chi connectivity index (χ3v) is 2.46. The van der Waals surface area contributed by atoms with E-state index in [1.807, 2.05) is 30.3 Å². The van der Waals surface area contributed by atoms with Crippen LogP contribution in [0.15, 0.2) is 49.1 Å². The van der Waals surface area contributed by atoms with Gasteiger partial charge in [0.05, 0.1) is 5.69 Å². The van der Waals surface area contributed by atoms with Crippen molar-refractivity contribution in [3.05, 3.63) is 54.7 Å². The molecule has 2 rings (SSSR count). The highest BCUT2D eigenvalue weighted by Crippen LogP contribution is 2.30. The smallest absolute Gasteiger partial charge is 0.224 e. The summed E-state index contributed by atoms with van der Waals surface area (Å²) >= 11 is 0. The molecular weight excluding hydrogens is 226 g/mol. The van der Waals surface area contributed by atoms with E-state index in [0.717, 1.165) is 0 Å². The molecule has 0 aliphatic heterocycles. The van der Waals surface area contributed by atoms with Gasteiger partial charge in [-0.05, 0) is 12.1 Å². The molecule has 2 N–H and O–H groups in total. The van der Waals surface area contributed by atoms with Gasteiger partial charge in [0, 0.05) is 12.6 Å². The molecule has 0 radical (unpaired) electrons. The minimum absolute atomic E-state index is 0.442. The van der Waals surface area contributed by atoms with Crippen LogP contribution in [0.1, 0.15) is 5.69 Å². The summed E-state index contributed by atoms with van der Waals surface area (Å²) in [5, 5.41) is 9.03. The van der Waals surface area contributed by atoms with Crippen LogP contribution in [-0.4, -0.2) is 4.57 Å². The molecule has 4 heteroatoms. The van der Waals surface area contributed by atoms with Crippen LogP contribution < -0.4 is 10.5 Å². The summed E-state index contributed by atoms with van der Waals surface area (Å²) in [6.45, 7) is 4.14. The second-order valence-corrected chi connectivity index (χ2v) is 3.72. The first-order chi connectivity index (χ1) is 8.76. The fourth-order valence-corrected chi connectivity index (χ4v) is 1.67. The van der Waals surface area contributed by atoms with Crippen molar-refractivity contribution in [2.75, 3.05) is 5.73 Å². The van der Waals surface area contributed by atoms with E-state index in [9.17, 15) is 0 Å². The number of nitriles is 1. The number of nitrogen functional groups attached to an aromatic ring is 1. The summed E-state index contributed by atoms with van der Waals surface area (Å²) < 4.78 is 7.40. The van der Waals surface area contributed by atoms with Crippen molar-refractivity contribution in [1.82, 2.24) is 4.57 Å². The van der Waals surface area contributed by atoms with Crippen LogP contribution in [0, 0.1) is 11.3 Å². The number of anilines is 1. The minimum Gasteiger partial charge on any atom is -0.439 e. The second kappa shape index (κ2) is 5.11. The Balaban J connectivity index is 2.41. The van der Waals surface area contributed by atoms with Gasteiger partial charge in [-0.1, -0.05) is 24.3 Å². The predicted octanol–water partition coefficient (Wildman–Crippen LogP) is 2.92. The van der Waals surface area contributed by atoms with Gasteiger partial charge in [-0.15, -0.1) is 6.58 Å². The average molecular weight is 239 g/mol. The van der Waals surface area contributed by atoms with Crippen molar-refractivity contribution in [1.29, 1.82) is 5.26 Å². The summed E-state index contributed by atoms with van der Waals surface area (Å²) in [5.41, 5.74) is 6.76. The Morgan fingerprint density at radius 2 is 2.11 bits per heavy atom. The van der Waals surface area contributed by atoms with Crippen molar-refractivity contribution in [2.45, 2.75) is 6.54 Å². The molecule has 90 valence electrons. The zero-order valence-electron chi connectivity index (χ0n) is 9.84. The Morgan fingerprint density at radius 3 is 2.72 bits per heavy atom. The number of hydrogen-bond acceptors (Lipinski definition) is 3. The van der Waals surface area contributed by atoms with Crippen molar-refractivity contribution in [2.24, 2.45) is 0 Å². The molecule has 0 bridgehead atoms. The lowest BCUT2D eigenvalue weighted by Crippen LogP contribution is -2.02. The number of aromatic nitrogens is 1. The average Bonchev–Trinajstić information content (AvgIpc) is 2.69. The Morgan fingerprint density at radius 1 is 1.39 bits per heavy atom. The number of ether oxygens (including phenoxy) is 1. The topological polar surface area (TPSA) is 64.0 Å². The van der Waals surface area contributed by atoms with E-state index < -0.39 is 0 Å². The van der Waals surface area contributed by atoms with Crippen molar-refractivity contribution in [3.8, 4) is 17.7 Å². The monoisotopic (exact) mass is 239 g/mol. The maximum absolute atomic E-state index is 9.03. The maximum Gasteiger partial charge on any atom is 0.224 e. The molecule has 0 fully saturated rings. The summed E-state index contributed by atoms with van der Waals surface area (Å²) in [6, 6.07) is 13.0. The van der Waals surface area contributed by atoms with Gasteiger partial charge in [0.25, 0.3) is 0 Å². The van der Waals surface area contributed by atoms with Gasteiger partial charge in [0.15, 0.2) is 0 Å². The fourth-order valence-electron chi connectivity index (χ4n) is 1.67. The van der Waals surface area contributed by atoms with Crippen molar-refractivity contribution >= 4 is 5.69 Å². The number of hydrogen-bond donors (Lipinski definition) is 1. The van der Waals surface area contributed by atoms with Crippen LogP contribution in [0.2, 0.25) is 0 Å². The summed E-state index contributed by atoms with van der Waals surface area (Å²) in [5.74, 6) is 1.15. The van der Waals surface area contributed by atoms with Crippen LogP contribution in [0.5, 0.6) is 11.6 Å². The highest BCUT2D eigenvalue weighted by atomic mass is 16.5. The summed E-state index contributed by atoms with van der Waals surface area (Å²) in [4.78, 5) is 0. The van der Waals surface area contributed by atoms with Crippen LogP contribution >= 0.6 is 0 Å². The van der Waals surface area contributed by atoms with Gasteiger partial charge in [0.1, 0.15) is 17.5 Å². The summed E-state index contributed by atoms with van der Waals surface area (Å²) in [6.07, 6.45) is 1.69. The molecule has 1 aromatic carbocycles. The standard InChI is InChI=1S/C14H13N3O/c1-2-8-17-11(10-15)9-13(16)14(17)18-12-6-4-3-5-7-12/h2-7,9H,1,8,16H2. The number of rotatable bonds is 4. The zero-order chi connectivity index (χ0) is 13.0. The van der Waals surface area contributed by atoms with E-state index in [0.29, 0.717) is 29.6 Å². The first-order valence-corrected chi connectivity index (χ1v) is 5.49. The molecule has 4 nitrogen and oxygen atoms in total. The van der Waals surface area contributed by atoms with Crippen LogP contribution in [0.3, 0.4) is 0 Å². The molecule has 1 aromatic heterocycles. The predicted molar refractivity (Wildman–Crippen MR) is 70.3 cm³/mol. The first-order valence-electron chi connectivity index (χ1n) is 5.49. The SMILES string of the molecule is C=CCn1c(C#N)cc(N)c1Oc1ccccc1.